The number of carbonyl (C=O) groups excluding carboxylic acids is 1. The van der Waals surface area contributed by atoms with Crippen molar-refractivity contribution in [2.24, 2.45) is 5.73 Å². The normalized spacial score (nSPS) is 11.8. The van der Waals surface area contributed by atoms with E-state index in [-0.39, 0.29) is 6.04 Å². The van der Waals surface area contributed by atoms with Gasteiger partial charge in [0.2, 0.25) is 5.91 Å². The average Bonchev–Trinajstić information content (AvgIpc) is 2.39. The van der Waals surface area contributed by atoms with Crippen molar-refractivity contribution in [2.45, 2.75) is 13.0 Å². The Balaban J connectivity index is 2.10. The van der Waals surface area contributed by atoms with Gasteiger partial charge in [-0.25, -0.2) is 0 Å². The second-order valence-electron chi connectivity index (χ2n) is 4.48. The van der Waals surface area contributed by atoms with Gasteiger partial charge >= 0.3 is 0 Å². The molecule has 2 aromatic carbocycles. The van der Waals surface area contributed by atoms with Crippen LogP contribution in [0.3, 0.4) is 0 Å². The Kier molecular flexibility index (Phi) is 3.71. The molecule has 5 N–H and O–H groups in total. The molecule has 0 saturated heterocycles. The fourth-order valence-corrected chi connectivity index (χ4v) is 1.89. The lowest BCUT2D eigenvalue weighted by Gasteiger charge is -2.16. The van der Waals surface area contributed by atoms with Gasteiger partial charge in [-0.05, 0) is 48.9 Å². The number of amides is 1. The molecule has 98 valence electrons. The fourth-order valence-electron chi connectivity index (χ4n) is 1.89. The smallest absolute Gasteiger partial charge is 0.248 e. The lowest BCUT2D eigenvalue weighted by molar-refractivity contribution is 0.100. The molecule has 4 heteroatoms. The van der Waals surface area contributed by atoms with Gasteiger partial charge in [-0.1, -0.05) is 12.1 Å². The predicted molar refractivity (Wildman–Crippen MR) is 77.9 cm³/mol. The van der Waals surface area contributed by atoms with Gasteiger partial charge < -0.3 is 16.8 Å². The minimum Gasteiger partial charge on any atom is -0.399 e. The third kappa shape index (κ3) is 3.25. The van der Waals surface area contributed by atoms with Crippen LogP contribution in [0.5, 0.6) is 0 Å². The van der Waals surface area contributed by atoms with Crippen molar-refractivity contribution in [1.29, 1.82) is 0 Å². The van der Waals surface area contributed by atoms with Crippen LogP contribution < -0.4 is 16.8 Å². The maximum absolute atomic E-state index is 11.0. The number of benzene rings is 2. The Morgan fingerprint density at radius 3 is 2.42 bits per heavy atom. The van der Waals surface area contributed by atoms with Crippen LogP contribution in [-0.4, -0.2) is 5.91 Å². The molecule has 0 bridgehead atoms. The second-order valence-corrected chi connectivity index (χ2v) is 4.48. The van der Waals surface area contributed by atoms with Gasteiger partial charge in [-0.3, -0.25) is 4.79 Å². The van der Waals surface area contributed by atoms with Crippen LogP contribution in [-0.2, 0) is 0 Å². The summed E-state index contributed by atoms with van der Waals surface area (Å²) in [5.41, 5.74) is 14.3. The van der Waals surface area contributed by atoms with Gasteiger partial charge in [0.15, 0.2) is 0 Å². The van der Waals surface area contributed by atoms with E-state index < -0.39 is 5.91 Å². The molecule has 1 atom stereocenters. The molecule has 1 unspecified atom stereocenters. The van der Waals surface area contributed by atoms with Crippen LogP contribution in [0.4, 0.5) is 11.4 Å². The Bertz CT molecular complexity index is 578. The number of nitrogen functional groups attached to an aromatic ring is 1. The van der Waals surface area contributed by atoms with Crippen LogP contribution in [0.25, 0.3) is 0 Å². The maximum Gasteiger partial charge on any atom is 0.248 e. The van der Waals surface area contributed by atoms with Crippen LogP contribution in [0.15, 0.2) is 48.5 Å². The first-order chi connectivity index (χ1) is 9.06. The Labute approximate surface area is 112 Å². The molecule has 0 fully saturated rings. The standard InChI is InChI=1S/C15H17N3O/c1-10(12-3-2-4-13(16)9-12)18-14-7-5-11(6-8-14)15(17)19/h2-10,18H,16H2,1H3,(H2,17,19). The van der Waals surface area contributed by atoms with Crippen molar-refractivity contribution < 1.29 is 4.79 Å². The number of nitrogens with one attached hydrogen (secondary N) is 1. The molecule has 0 aliphatic rings. The molecule has 0 heterocycles. The van der Waals surface area contributed by atoms with E-state index in [1.165, 1.54) is 0 Å². The molecular weight excluding hydrogens is 238 g/mol. The van der Waals surface area contributed by atoms with Crippen molar-refractivity contribution in [3.05, 3.63) is 59.7 Å². The van der Waals surface area contributed by atoms with Gasteiger partial charge in [0, 0.05) is 23.0 Å². The summed E-state index contributed by atoms with van der Waals surface area (Å²) in [5.74, 6) is -0.421. The quantitative estimate of drug-likeness (QED) is 0.734. The monoisotopic (exact) mass is 255 g/mol. The van der Waals surface area contributed by atoms with Crippen molar-refractivity contribution >= 4 is 17.3 Å². The highest BCUT2D eigenvalue weighted by molar-refractivity contribution is 5.93. The molecular formula is C15H17N3O. The number of nitrogens with two attached hydrogens (primary N) is 2. The summed E-state index contributed by atoms with van der Waals surface area (Å²) < 4.78 is 0. The summed E-state index contributed by atoms with van der Waals surface area (Å²) in [5, 5.41) is 3.34. The number of primary amides is 1. The molecule has 4 nitrogen and oxygen atoms in total. The van der Waals surface area contributed by atoms with E-state index in [4.69, 9.17) is 11.5 Å². The van der Waals surface area contributed by atoms with Crippen molar-refractivity contribution in [3.63, 3.8) is 0 Å². The molecule has 19 heavy (non-hydrogen) atoms. The summed E-state index contributed by atoms with van der Waals surface area (Å²) in [4.78, 5) is 11.0. The average molecular weight is 255 g/mol. The van der Waals surface area contributed by atoms with Crippen molar-refractivity contribution in [2.75, 3.05) is 11.1 Å². The molecule has 2 rings (SSSR count). The number of rotatable bonds is 4. The van der Waals surface area contributed by atoms with Crippen LogP contribution >= 0.6 is 0 Å². The summed E-state index contributed by atoms with van der Waals surface area (Å²) in [6.07, 6.45) is 0. The van der Waals surface area contributed by atoms with Crippen molar-refractivity contribution in [1.82, 2.24) is 0 Å². The van der Waals surface area contributed by atoms with Gasteiger partial charge in [0.1, 0.15) is 0 Å². The second kappa shape index (κ2) is 5.44. The minimum atomic E-state index is -0.421. The van der Waals surface area contributed by atoms with E-state index in [0.717, 1.165) is 16.9 Å². The molecule has 0 aliphatic carbocycles. The fraction of sp³-hybridized carbons (Fsp3) is 0.133. The SMILES string of the molecule is CC(Nc1ccc(C(N)=O)cc1)c1cccc(N)c1. The first-order valence-electron chi connectivity index (χ1n) is 6.08. The van der Waals surface area contributed by atoms with E-state index in [0.29, 0.717) is 5.56 Å². The Hall–Kier alpha value is -2.49. The largest absolute Gasteiger partial charge is 0.399 e. The number of anilines is 2. The molecule has 0 spiro atoms. The molecule has 2 aromatic rings. The highest BCUT2D eigenvalue weighted by Gasteiger charge is 2.06. The highest BCUT2D eigenvalue weighted by Crippen LogP contribution is 2.21. The van der Waals surface area contributed by atoms with Crippen LogP contribution in [0.1, 0.15) is 28.9 Å². The van der Waals surface area contributed by atoms with Crippen molar-refractivity contribution in [3.8, 4) is 0 Å². The van der Waals surface area contributed by atoms with Gasteiger partial charge in [0.05, 0.1) is 0 Å². The van der Waals surface area contributed by atoms with E-state index >= 15 is 0 Å². The zero-order valence-corrected chi connectivity index (χ0v) is 10.8. The third-order valence-corrected chi connectivity index (χ3v) is 2.96. The van der Waals surface area contributed by atoms with Gasteiger partial charge in [-0.2, -0.15) is 0 Å². The van der Waals surface area contributed by atoms with E-state index in [1.54, 1.807) is 12.1 Å². The predicted octanol–water partition coefficient (Wildman–Crippen LogP) is 2.54. The zero-order valence-electron chi connectivity index (χ0n) is 10.8. The third-order valence-electron chi connectivity index (χ3n) is 2.96. The number of hydrogen-bond donors (Lipinski definition) is 3. The molecule has 0 radical (unpaired) electrons. The number of hydrogen-bond acceptors (Lipinski definition) is 3. The van der Waals surface area contributed by atoms with Crippen LogP contribution in [0, 0.1) is 0 Å². The van der Waals surface area contributed by atoms with E-state index in [2.05, 4.69) is 12.2 Å². The Morgan fingerprint density at radius 1 is 1.16 bits per heavy atom. The van der Waals surface area contributed by atoms with Gasteiger partial charge in [0.25, 0.3) is 0 Å². The van der Waals surface area contributed by atoms with Gasteiger partial charge in [-0.15, -0.1) is 0 Å². The zero-order chi connectivity index (χ0) is 13.8. The van der Waals surface area contributed by atoms with Crippen LogP contribution in [0.2, 0.25) is 0 Å². The maximum atomic E-state index is 11.0. The highest BCUT2D eigenvalue weighted by atomic mass is 16.1. The first kappa shape index (κ1) is 13.0. The Morgan fingerprint density at radius 2 is 1.84 bits per heavy atom. The summed E-state index contributed by atoms with van der Waals surface area (Å²) >= 11 is 0. The minimum absolute atomic E-state index is 0.128. The summed E-state index contributed by atoms with van der Waals surface area (Å²) in [6.45, 7) is 2.05. The molecule has 0 saturated carbocycles. The topological polar surface area (TPSA) is 81.1 Å². The summed E-state index contributed by atoms with van der Waals surface area (Å²) in [7, 11) is 0. The molecule has 0 aromatic heterocycles. The number of carbonyl (C=O) groups is 1. The van der Waals surface area contributed by atoms with E-state index in [9.17, 15) is 4.79 Å². The lowest BCUT2D eigenvalue weighted by atomic mass is 10.1. The first-order valence-corrected chi connectivity index (χ1v) is 6.08. The lowest BCUT2D eigenvalue weighted by Crippen LogP contribution is -2.11. The molecule has 1 amide bonds. The molecule has 0 aliphatic heterocycles. The summed E-state index contributed by atoms with van der Waals surface area (Å²) in [6, 6.07) is 15.0. The van der Waals surface area contributed by atoms with E-state index in [1.807, 2.05) is 36.4 Å².